The normalized spacial score (nSPS) is 10.0. The summed E-state index contributed by atoms with van der Waals surface area (Å²) in [4.78, 5) is 31.8. The van der Waals surface area contributed by atoms with Crippen molar-refractivity contribution in [3.8, 4) is 0 Å². The Hall–Kier alpha value is -3.74. The number of aromatic nitrogens is 2. The number of methoxy groups -OCH3 is 1. The lowest BCUT2D eigenvalue weighted by atomic mass is 10.2. The minimum Gasteiger partial charge on any atom is -0.465 e. The summed E-state index contributed by atoms with van der Waals surface area (Å²) in [6.07, 6.45) is 2.88. The number of nitrogens with zero attached hydrogens (tertiary/aromatic N) is 2. The molecular weight excluding hydrogens is 332 g/mol. The minimum atomic E-state index is -0.401. The van der Waals surface area contributed by atoms with Crippen molar-refractivity contribution in [1.29, 1.82) is 0 Å². The Morgan fingerprint density at radius 2 is 1.50 bits per heavy atom. The smallest absolute Gasteiger partial charge is 0.337 e. The number of carbonyl (C=O) groups is 2. The molecule has 0 unspecified atom stereocenters. The number of hydrogen-bond acceptors (Lipinski definition) is 6. The number of hydrogen-bond donors (Lipinski definition) is 2. The van der Waals surface area contributed by atoms with Gasteiger partial charge in [-0.2, -0.15) is 0 Å². The molecule has 0 atom stereocenters. The molecule has 3 aromatic rings. The molecule has 2 N–H and O–H groups in total. The molecule has 7 nitrogen and oxygen atoms in total. The van der Waals surface area contributed by atoms with Crippen LogP contribution in [-0.2, 0) is 4.74 Å². The molecular formula is C19H16N4O3. The zero-order valence-electron chi connectivity index (χ0n) is 14.0. The van der Waals surface area contributed by atoms with Gasteiger partial charge < -0.3 is 15.4 Å². The number of carbonyl (C=O) groups excluding carboxylic acids is 2. The van der Waals surface area contributed by atoms with Gasteiger partial charge in [0.05, 0.1) is 18.2 Å². The highest BCUT2D eigenvalue weighted by atomic mass is 16.5. The van der Waals surface area contributed by atoms with Gasteiger partial charge in [-0.25, -0.2) is 14.8 Å². The molecule has 0 aliphatic carbocycles. The van der Waals surface area contributed by atoms with Crippen molar-refractivity contribution in [2.45, 2.75) is 0 Å². The van der Waals surface area contributed by atoms with E-state index in [0.29, 0.717) is 28.5 Å². The van der Waals surface area contributed by atoms with E-state index < -0.39 is 5.97 Å². The SMILES string of the molecule is COC(=O)c1ccc(Nc2ncc(C(=O)Nc3ccccc3)cn2)cc1. The third-order valence-electron chi connectivity index (χ3n) is 3.51. The van der Waals surface area contributed by atoms with Crippen LogP contribution < -0.4 is 10.6 Å². The van der Waals surface area contributed by atoms with Crippen LogP contribution in [0.5, 0.6) is 0 Å². The summed E-state index contributed by atoms with van der Waals surface area (Å²) in [5, 5.41) is 5.76. The fourth-order valence-corrected chi connectivity index (χ4v) is 2.17. The zero-order chi connectivity index (χ0) is 18.4. The van der Waals surface area contributed by atoms with Crippen LogP contribution in [0.25, 0.3) is 0 Å². The lowest BCUT2D eigenvalue weighted by Gasteiger charge is -2.07. The predicted octanol–water partition coefficient (Wildman–Crippen LogP) is 3.26. The highest BCUT2D eigenvalue weighted by Gasteiger charge is 2.08. The van der Waals surface area contributed by atoms with Crippen molar-refractivity contribution in [1.82, 2.24) is 9.97 Å². The van der Waals surface area contributed by atoms with E-state index >= 15 is 0 Å². The van der Waals surface area contributed by atoms with Crippen molar-refractivity contribution in [2.24, 2.45) is 0 Å². The van der Waals surface area contributed by atoms with Crippen LogP contribution in [0.3, 0.4) is 0 Å². The molecule has 7 heteroatoms. The zero-order valence-corrected chi connectivity index (χ0v) is 14.0. The molecule has 0 aliphatic heterocycles. The summed E-state index contributed by atoms with van der Waals surface area (Å²) in [6.45, 7) is 0. The number of rotatable bonds is 5. The van der Waals surface area contributed by atoms with E-state index in [4.69, 9.17) is 0 Å². The van der Waals surface area contributed by atoms with Gasteiger partial charge in [-0.05, 0) is 36.4 Å². The number of para-hydroxylation sites is 1. The van der Waals surface area contributed by atoms with Crippen molar-refractivity contribution in [2.75, 3.05) is 17.7 Å². The van der Waals surface area contributed by atoms with Crippen LogP contribution in [0.2, 0.25) is 0 Å². The second kappa shape index (κ2) is 7.89. The Morgan fingerprint density at radius 3 is 2.12 bits per heavy atom. The number of esters is 1. The van der Waals surface area contributed by atoms with Crippen LogP contribution in [0, 0.1) is 0 Å². The summed E-state index contributed by atoms with van der Waals surface area (Å²) in [6, 6.07) is 15.8. The van der Waals surface area contributed by atoms with E-state index in [1.165, 1.54) is 19.5 Å². The Morgan fingerprint density at radius 1 is 0.846 bits per heavy atom. The third kappa shape index (κ3) is 4.21. The van der Waals surface area contributed by atoms with Gasteiger partial charge >= 0.3 is 5.97 Å². The molecule has 0 saturated carbocycles. The van der Waals surface area contributed by atoms with Crippen molar-refractivity contribution in [3.05, 3.63) is 78.1 Å². The lowest BCUT2D eigenvalue weighted by molar-refractivity contribution is 0.0600. The molecule has 0 bridgehead atoms. The number of ether oxygens (including phenoxy) is 1. The standard InChI is InChI=1S/C19H16N4O3/c1-26-18(25)13-7-9-16(10-8-13)23-19-20-11-14(12-21-19)17(24)22-15-5-3-2-4-6-15/h2-12H,1H3,(H,22,24)(H,20,21,23). The number of amides is 1. The van der Waals surface area contributed by atoms with Gasteiger partial charge in [0, 0.05) is 23.8 Å². The van der Waals surface area contributed by atoms with E-state index in [1.807, 2.05) is 18.2 Å². The Balaban J connectivity index is 1.64. The molecule has 0 spiro atoms. The Bertz CT molecular complexity index is 894. The van der Waals surface area contributed by atoms with Crippen LogP contribution in [-0.4, -0.2) is 29.0 Å². The maximum absolute atomic E-state index is 12.2. The van der Waals surface area contributed by atoms with Crippen molar-refractivity contribution < 1.29 is 14.3 Å². The summed E-state index contributed by atoms with van der Waals surface area (Å²) < 4.78 is 4.65. The van der Waals surface area contributed by atoms with Gasteiger partial charge in [0.25, 0.3) is 5.91 Å². The molecule has 3 rings (SSSR count). The minimum absolute atomic E-state index is 0.287. The number of benzene rings is 2. The van der Waals surface area contributed by atoms with Crippen LogP contribution in [0.1, 0.15) is 20.7 Å². The second-order valence-corrected chi connectivity index (χ2v) is 5.31. The first-order valence-electron chi connectivity index (χ1n) is 7.79. The summed E-state index contributed by atoms with van der Waals surface area (Å²) in [5.41, 5.74) is 2.21. The van der Waals surface area contributed by atoms with E-state index in [9.17, 15) is 9.59 Å². The van der Waals surface area contributed by atoms with Crippen LogP contribution >= 0.6 is 0 Å². The number of nitrogens with one attached hydrogen (secondary N) is 2. The van der Waals surface area contributed by atoms with Crippen molar-refractivity contribution >= 4 is 29.2 Å². The highest BCUT2D eigenvalue weighted by molar-refractivity contribution is 6.03. The fourth-order valence-electron chi connectivity index (χ4n) is 2.17. The molecule has 1 amide bonds. The van der Waals surface area contributed by atoms with Gasteiger partial charge in [0.15, 0.2) is 0 Å². The summed E-state index contributed by atoms with van der Waals surface area (Å²) >= 11 is 0. The topological polar surface area (TPSA) is 93.2 Å². The van der Waals surface area contributed by atoms with E-state index in [1.54, 1.807) is 36.4 Å². The van der Waals surface area contributed by atoms with Crippen molar-refractivity contribution in [3.63, 3.8) is 0 Å². The van der Waals surface area contributed by atoms with Gasteiger partial charge in [-0.1, -0.05) is 18.2 Å². The Labute approximate surface area is 150 Å². The van der Waals surface area contributed by atoms with Gasteiger partial charge in [-0.15, -0.1) is 0 Å². The average molecular weight is 348 g/mol. The monoisotopic (exact) mass is 348 g/mol. The third-order valence-corrected chi connectivity index (χ3v) is 3.51. The molecule has 0 aliphatic rings. The van der Waals surface area contributed by atoms with E-state index in [-0.39, 0.29) is 5.91 Å². The quantitative estimate of drug-likeness (QED) is 0.688. The van der Waals surface area contributed by atoms with Crippen LogP contribution in [0.4, 0.5) is 17.3 Å². The first-order chi connectivity index (χ1) is 12.7. The van der Waals surface area contributed by atoms with E-state index in [0.717, 1.165) is 0 Å². The predicted molar refractivity (Wildman–Crippen MR) is 97.5 cm³/mol. The summed E-state index contributed by atoms with van der Waals surface area (Å²) in [5.74, 6) is -0.348. The molecule has 26 heavy (non-hydrogen) atoms. The molecule has 0 fully saturated rings. The first kappa shape index (κ1) is 17.1. The maximum Gasteiger partial charge on any atom is 0.337 e. The Kier molecular flexibility index (Phi) is 5.19. The van der Waals surface area contributed by atoms with E-state index in [2.05, 4.69) is 25.3 Å². The second-order valence-electron chi connectivity index (χ2n) is 5.31. The van der Waals surface area contributed by atoms with Gasteiger partial charge in [0.1, 0.15) is 0 Å². The molecule has 1 heterocycles. The van der Waals surface area contributed by atoms with Gasteiger partial charge in [0.2, 0.25) is 5.95 Å². The molecule has 2 aromatic carbocycles. The van der Waals surface area contributed by atoms with Gasteiger partial charge in [-0.3, -0.25) is 4.79 Å². The molecule has 1 aromatic heterocycles. The highest BCUT2D eigenvalue weighted by Crippen LogP contribution is 2.15. The molecule has 0 radical (unpaired) electrons. The molecule has 130 valence electrons. The fraction of sp³-hybridized carbons (Fsp3) is 0.0526. The summed E-state index contributed by atoms with van der Waals surface area (Å²) in [7, 11) is 1.33. The van der Waals surface area contributed by atoms with Crippen LogP contribution in [0.15, 0.2) is 67.0 Å². The number of anilines is 3. The first-order valence-corrected chi connectivity index (χ1v) is 7.79. The largest absolute Gasteiger partial charge is 0.465 e. The average Bonchev–Trinajstić information content (AvgIpc) is 2.69. The lowest BCUT2D eigenvalue weighted by Crippen LogP contribution is -2.13. The molecule has 0 saturated heterocycles. The maximum atomic E-state index is 12.2.